The number of nitrogens with one attached hydrogen (secondary N) is 1. The second-order valence-corrected chi connectivity index (χ2v) is 5.87. The molecule has 1 atom stereocenters. The highest BCUT2D eigenvalue weighted by Gasteiger charge is 2.36. The number of aliphatic hydroxyl groups is 1. The van der Waals surface area contributed by atoms with Gasteiger partial charge in [0.15, 0.2) is 0 Å². The minimum absolute atomic E-state index is 0.0933. The largest absolute Gasteiger partial charge is 0.393 e. The van der Waals surface area contributed by atoms with Gasteiger partial charge >= 0.3 is 0 Å². The number of benzene rings is 1. The maximum atomic E-state index is 12.5. The highest BCUT2D eigenvalue weighted by molar-refractivity contribution is 5.84. The molecule has 1 saturated heterocycles. The highest BCUT2D eigenvalue weighted by atomic mass is 16.3. The third-order valence-electron chi connectivity index (χ3n) is 4.48. The van der Waals surface area contributed by atoms with Crippen LogP contribution in [0.15, 0.2) is 30.3 Å². The summed E-state index contributed by atoms with van der Waals surface area (Å²) in [5, 5.41) is 12.9. The van der Waals surface area contributed by atoms with Gasteiger partial charge in [-0.05, 0) is 37.7 Å². The molecule has 1 aliphatic carbocycles. The van der Waals surface area contributed by atoms with Gasteiger partial charge in [0.1, 0.15) is 0 Å². The van der Waals surface area contributed by atoms with E-state index >= 15 is 0 Å². The van der Waals surface area contributed by atoms with E-state index in [1.54, 1.807) is 0 Å². The van der Waals surface area contributed by atoms with E-state index in [0.29, 0.717) is 12.7 Å². The summed E-state index contributed by atoms with van der Waals surface area (Å²) >= 11 is 0. The fraction of sp³-hybridized carbons (Fsp3) is 0.562. The molecule has 1 heterocycles. The summed E-state index contributed by atoms with van der Waals surface area (Å²) in [6.07, 6.45) is 4.07. The molecule has 2 fully saturated rings. The third-order valence-corrected chi connectivity index (χ3v) is 4.48. The van der Waals surface area contributed by atoms with Crippen LogP contribution in [0.2, 0.25) is 0 Å². The number of amides is 1. The summed E-state index contributed by atoms with van der Waals surface area (Å²) < 4.78 is 0. The minimum Gasteiger partial charge on any atom is -0.393 e. The first kappa shape index (κ1) is 13.6. The number of carbonyl (C=O) groups is 1. The van der Waals surface area contributed by atoms with Crippen molar-refractivity contribution in [3.63, 3.8) is 0 Å². The monoisotopic (exact) mass is 274 g/mol. The van der Waals surface area contributed by atoms with Gasteiger partial charge in [-0.1, -0.05) is 30.3 Å². The lowest BCUT2D eigenvalue weighted by Crippen LogP contribution is -2.41. The first-order valence-corrected chi connectivity index (χ1v) is 7.50. The third kappa shape index (κ3) is 2.86. The van der Waals surface area contributed by atoms with Crippen LogP contribution < -0.4 is 5.32 Å². The van der Waals surface area contributed by atoms with Gasteiger partial charge < -0.3 is 10.0 Å². The average Bonchev–Trinajstić information content (AvgIpc) is 2.83. The van der Waals surface area contributed by atoms with Gasteiger partial charge in [0.2, 0.25) is 5.91 Å². The fourth-order valence-corrected chi connectivity index (χ4v) is 3.26. The number of hydrogen-bond acceptors (Lipinski definition) is 3. The van der Waals surface area contributed by atoms with Gasteiger partial charge in [-0.25, -0.2) is 0 Å². The van der Waals surface area contributed by atoms with Crippen LogP contribution in [-0.2, 0) is 11.2 Å². The van der Waals surface area contributed by atoms with Crippen LogP contribution in [0.1, 0.15) is 31.2 Å². The second kappa shape index (κ2) is 5.94. The van der Waals surface area contributed by atoms with Crippen molar-refractivity contribution in [2.45, 2.75) is 50.3 Å². The van der Waals surface area contributed by atoms with E-state index in [1.807, 2.05) is 23.1 Å². The molecule has 4 heteroatoms. The van der Waals surface area contributed by atoms with E-state index in [-0.39, 0.29) is 18.1 Å². The van der Waals surface area contributed by atoms with E-state index < -0.39 is 0 Å². The van der Waals surface area contributed by atoms with Crippen LogP contribution in [0.4, 0.5) is 0 Å². The Kier molecular flexibility index (Phi) is 4.03. The van der Waals surface area contributed by atoms with E-state index in [4.69, 9.17) is 0 Å². The van der Waals surface area contributed by atoms with Crippen LogP contribution >= 0.6 is 0 Å². The van der Waals surface area contributed by atoms with Crippen molar-refractivity contribution in [2.75, 3.05) is 6.67 Å². The summed E-state index contributed by atoms with van der Waals surface area (Å²) in [4.78, 5) is 14.5. The van der Waals surface area contributed by atoms with Crippen LogP contribution in [0.25, 0.3) is 0 Å². The molecular weight excluding hydrogens is 252 g/mol. The molecule has 3 rings (SSSR count). The molecule has 1 unspecified atom stereocenters. The maximum Gasteiger partial charge on any atom is 0.241 e. The van der Waals surface area contributed by atoms with Gasteiger partial charge in [-0.15, -0.1) is 0 Å². The predicted molar refractivity (Wildman–Crippen MR) is 77.0 cm³/mol. The minimum atomic E-state index is -0.169. The Hall–Kier alpha value is -1.39. The van der Waals surface area contributed by atoms with E-state index in [9.17, 15) is 9.90 Å². The lowest BCUT2D eigenvalue weighted by molar-refractivity contribution is -0.131. The zero-order valence-electron chi connectivity index (χ0n) is 11.7. The molecule has 1 aromatic carbocycles. The van der Waals surface area contributed by atoms with Gasteiger partial charge in [0.05, 0.1) is 18.8 Å². The van der Waals surface area contributed by atoms with Gasteiger partial charge in [-0.2, -0.15) is 0 Å². The van der Waals surface area contributed by atoms with Crippen molar-refractivity contribution in [3.05, 3.63) is 35.9 Å². The second-order valence-electron chi connectivity index (χ2n) is 5.87. The van der Waals surface area contributed by atoms with Crippen LogP contribution in [0.5, 0.6) is 0 Å². The van der Waals surface area contributed by atoms with Gasteiger partial charge in [-0.3, -0.25) is 10.1 Å². The molecule has 0 bridgehead atoms. The standard InChI is InChI=1S/C16H22N2O2/c19-14-8-6-13(7-9-14)18-11-17-15(16(18)20)10-12-4-2-1-3-5-12/h1-5,13-15,17,19H,6-11H2. The molecule has 2 N–H and O–H groups in total. The fourth-order valence-electron chi connectivity index (χ4n) is 3.26. The summed E-state index contributed by atoms with van der Waals surface area (Å²) in [5.74, 6) is 0.218. The molecule has 108 valence electrons. The smallest absolute Gasteiger partial charge is 0.241 e. The first-order valence-electron chi connectivity index (χ1n) is 7.50. The van der Waals surface area contributed by atoms with Crippen LogP contribution in [0, 0.1) is 0 Å². The zero-order valence-corrected chi connectivity index (χ0v) is 11.7. The molecule has 1 saturated carbocycles. The molecule has 0 spiro atoms. The summed E-state index contributed by atoms with van der Waals surface area (Å²) in [5.41, 5.74) is 1.19. The normalized spacial score (nSPS) is 30.8. The lowest BCUT2D eigenvalue weighted by Gasteiger charge is -2.32. The Labute approximate surface area is 119 Å². The average molecular weight is 274 g/mol. The topological polar surface area (TPSA) is 52.6 Å². The van der Waals surface area contributed by atoms with Crippen LogP contribution in [0.3, 0.4) is 0 Å². The van der Waals surface area contributed by atoms with Gasteiger partial charge in [0.25, 0.3) is 0 Å². The van der Waals surface area contributed by atoms with Crippen molar-refractivity contribution in [3.8, 4) is 0 Å². The van der Waals surface area contributed by atoms with Crippen LogP contribution in [-0.4, -0.2) is 40.8 Å². The van der Waals surface area contributed by atoms with Crippen molar-refractivity contribution in [2.24, 2.45) is 0 Å². The molecule has 20 heavy (non-hydrogen) atoms. The molecule has 0 aromatic heterocycles. The predicted octanol–water partition coefficient (Wildman–Crippen LogP) is 1.29. The van der Waals surface area contributed by atoms with E-state index in [1.165, 1.54) is 5.56 Å². The summed E-state index contributed by atoms with van der Waals surface area (Å²) in [7, 11) is 0. The first-order chi connectivity index (χ1) is 9.74. The Bertz CT molecular complexity index is 455. The number of rotatable bonds is 3. The number of aliphatic hydroxyl groups excluding tert-OH is 1. The van der Waals surface area contributed by atoms with Crippen molar-refractivity contribution in [1.29, 1.82) is 0 Å². The Morgan fingerprint density at radius 2 is 1.85 bits per heavy atom. The summed E-state index contributed by atoms with van der Waals surface area (Å²) in [6, 6.07) is 10.4. The molecule has 2 aliphatic rings. The molecule has 4 nitrogen and oxygen atoms in total. The highest BCUT2D eigenvalue weighted by Crippen LogP contribution is 2.25. The Morgan fingerprint density at radius 1 is 1.15 bits per heavy atom. The quantitative estimate of drug-likeness (QED) is 0.873. The number of carbonyl (C=O) groups excluding carboxylic acids is 1. The SMILES string of the molecule is O=C1C(Cc2ccccc2)NCN1C1CCC(O)CC1. The maximum absolute atomic E-state index is 12.5. The molecular formula is C16H22N2O2. The Balaban J connectivity index is 1.59. The molecule has 1 amide bonds. The van der Waals surface area contributed by atoms with E-state index in [0.717, 1.165) is 32.1 Å². The number of hydrogen-bond donors (Lipinski definition) is 2. The molecule has 1 aliphatic heterocycles. The molecule has 0 radical (unpaired) electrons. The zero-order chi connectivity index (χ0) is 13.9. The molecule has 1 aromatic rings. The van der Waals surface area contributed by atoms with Crippen molar-refractivity contribution in [1.82, 2.24) is 10.2 Å². The lowest BCUT2D eigenvalue weighted by atomic mass is 9.92. The number of nitrogens with zero attached hydrogens (tertiary/aromatic N) is 1. The summed E-state index contributed by atoms with van der Waals surface area (Å²) in [6.45, 7) is 0.650. The van der Waals surface area contributed by atoms with Crippen molar-refractivity contribution < 1.29 is 9.90 Å². The van der Waals surface area contributed by atoms with Crippen molar-refractivity contribution >= 4 is 5.91 Å². The Morgan fingerprint density at radius 3 is 2.55 bits per heavy atom. The van der Waals surface area contributed by atoms with Gasteiger partial charge in [0, 0.05) is 6.04 Å². The van der Waals surface area contributed by atoms with E-state index in [2.05, 4.69) is 17.4 Å².